The second-order valence-electron chi connectivity index (χ2n) is 5.79. The third-order valence-electron chi connectivity index (χ3n) is 3.43. The molecule has 0 spiro atoms. The lowest BCUT2D eigenvalue weighted by atomic mass is 10.2. The summed E-state index contributed by atoms with van der Waals surface area (Å²) in [6, 6.07) is 7.59. The number of halogens is 1. The van der Waals surface area contributed by atoms with Crippen LogP contribution in [-0.4, -0.2) is 24.0 Å². The Morgan fingerprint density at radius 2 is 1.93 bits per heavy atom. The van der Waals surface area contributed by atoms with Gasteiger partial charge in [-0.1, -0.05) is 6.07 Å². The number of hydrogen-bond acceptors (Lipinski definition) is 6. The first-order chi connectivity index (χ1) is 12.8. The highest BCUT2D eigenvalue weighted by Gasteiger charge is 2.20. The smallest absolute Gasteiger partial charge is 0.414 e. The number of amides is 3. The highest BCUT2D eigenvalue weighted by Crippen LogP contribution is 2.29. The van der Waals surface area contributed by atoms with Gasteiger partial charge < -0.3 is 10.1 Å². The highest BCUT2D eigenvalue weighted by atomic mass is 32.1. The van der Waals surface area contributed by atoms with Gasteiger partial charge in [0.25, 0.3) is 11.8 Å². The van der Waals surface area contributed by atoms with E-state index in [0.29, 0.717) is 15.0 Å². The number of nitrogens with one attached hydrogen (secondary N) is 2. The van der Waals surface area contributed by atoms with Crippen LogP contribution in [0.25, 0.3) is 10.1 Å². The van der Waals surface area contributed by atoms with Gasteiger partial charge in [0.15, 0.2) is 0 Å². The molecule has 3 rings (SSSR count). The first-order valence-corrected chi connectivity index (χ1v) is 9.63. The van der Waals surface area contributed by atoms with Gasteiger partial charge in [-0.05, 0) is 43.5 Å². The summed E-state index contributed by atoms with van der Waals surface area (Å²) in [6.07, 6.45) is -1.23. The van der Waals surface area contributed by atoms with Crippen molar-refractivity contribution in [3.8, 4) is 0 Å². The minimum absolute atomic E-state index is 0.140. The van der Waals surface area contributed by atoms with Crippen molar-refractivity contribution in [2.45, 2.75) is 20.0 Å². The van der Waals surface area contributed by atoms with Crippen LogP contribution in [0.1, 0.15) is 33.9 Å². The summed E-state index contributed by atoms with van der Waals surface area (Å²) < 4.78 is 19.3. The Balaban J connectivity index is 1.75. The molecular formula is C18H15FN2O4S2. The molecule has 0 unspecified atom stereocenters. The van der Waals surface area contributed by atoms with Crippen molar-refractivity contribution >= 4 is 55.7 Å². The zero-order valence-electron chi connectivity index (χ0n) is 14.4. The van der Waals surface area contributed by atoms with E-state index in [1.807, 2.05) is 0 Å². The Kier molecular flexibility index (Phi) is 5.52. The van der Waals surface area contributed by atoms with Crippen LogP contribution in [0.5, 0.6) is 0 Å². The molecule has 27 heavy (non-hydrogen) atoms. The van der Waals surface area contributed by atoms with Crippen LogP contribution in [0.2, 0.25) is 0 Å². The Labute approximate surface area is 162 Å². The summed E-state index contributed by atoms with van der Waals surface area (Å²) in [5.41, 5.74) is 0.140. The van der Waals surface area contributed by atoms with Crippen LogP contribution < -0.4 is 10.6 Å². The number of fused-ring (bicyclic) bond motifs is 1. The first kappa shape index (κ1) is 19.0. The van der Waals surface area contributed by atoms with Crippen LogP contribution in [-0.2, 0) is 4.74 Å². The summed E-state index contributed by atoms with van der Waals surface area (Å²) in [5, 5.41) is 7.01. The number of hydrogen-bond donors (Lipinski definition) is 2. The van der Waals surface area contributed by atoms with Gasteiger partial charge in [-0.15, -0.1) is 22.7 Å². The minimum atomic E-state index is -0.863. The Morgan fingerprint density at radius 1 is 1.15 bits per heavy atom. The molecular weight excluding hydrogens is 391 g/mol. The molecule has 0 saturated heterocycles. The van der Waals surface area contributed by atoms with Crippen molar-refractivity contribution in [2.75, 3.05) is 5.32 Å². The molecule has 2 N–H and O–H groups in total. The van der Waals surface area contributed by atoms with E-state index in [4.69, 9.17) is 4.74 Å². The molecule has 0 bridgehead atoms. The molecule has 2 aromatic heterocycles. The van der Waals surface area contributed by atoms with Crippen LogP contribution in [0.3, 0.4) is 0 Å². The number of rotatable bonds is 4. The number of thiophene rings is 2. The maximum Gasteiger partial charge on any atom is 0.414 e. The fourth-order valence-corrected chi connectivity index (χ4v) is 4.04. The Hall–Kier alpha value is -2.78. The fourth-order valence-electron chi connectivity index (χ4n) is 2.29. The molecule has 0 fully saturated rings. The molecule has 0 aliphatic carbocycles. The normalized spacial score (nSPS) is 10.8. The van der Waals surface area contributed by atoms with Crippen LogP contribution in [0.15, 0.2) is 35.7 Å². The molecule has 0 atom stereocenters. The second-order valence-corrected chi connectivity index (χ2v) is 7.79. The molecule has 2 heterocycles. The average Bonchev–Trinajstić information content (AvgIpc) is 3.21. The fraction of sp³-hybridized carbons (Fsp3) is 0.167. The van der Waals surface area contributed by atoms with Gasteiger partial charge in [0.1, 0.15) is 10.8 Å². The van der Waals surface area contributed by atoms with Crippen LogP contribution >= 0.6 is 22.7 Å². The number of imide groups is 1. The van der Waals surface area contributed by atoms with Gasteiger partial charge in [-0.2, -0.15) is 0 Å². The highest BCUT2D eigenvalue weighted by molar-refractivity contribution is 7.21. The van der Waals surface area contributed by atoms with E-state index in [2.05, 4.69) is 10.6 Å². The number of ether oxygens (including phenoxy) is 1. The van der Waals surface area contributed by atoms with Crippen molar-refractivity contribution in [1.82, 2.24) is 5.32 Å². The zero-order chi connectivity index (χ0) is 19.6. The Bertz CT molecular complexity index is 1030. The van der Waals surface area contributed by atoms with Crippen molar-refractivity contribution in [2.24, 2.45) is 0 Å². The number of alkyl carbamates (subject to hydrolysis) is 1. The molecule has 0 radical (unpaired) electrons. The van der Waals surface area contributed by atoms with Gasteiger partial charge in [-0.25, -0.2) is 9.18 Å². The molecule has 1 aromatic carbocycles. The molecule has 0 saturated carbocycles. The maximum absolute atomic E-state index is 13.8. The second kappa shape index (κ2) is 7.85. The number of carbonyl (C=O) groups excluding carboxylic acids is 3. The molecule has 3 amide bonds. The van der Waals surface area contributed by atoms with E-state index in [1.165, 1.54) is 18.2 Å². The predicted octanol–water partition coefficient (Wildman–Crippen LogP) is 4.63. The zero-order valence-corrected chi connectivity index (χ0v) is 16.0. The number of carbonyl (C=O) groups is 3. The van der Waals surface area contributed by atoms with E-state index < -0.39 is 23.7 Å². The van der Waals surface area contributed by atoms with Crippen molar-refractivity contribution < 1.29 is 23.5 Å². The largest absolute Gasteiger partial charge is 0.447 e. The summed E-state index contributed by atoms with van der Waals surface area (Å²) in [7, 11) is 0. The van der Waals surface area contributed by atoms with Gasteiger partial charge in [0.05, 0.1) is 16.5 Å². The summed E-state index contributed by atoms with van der Waals surface area (Å²) in [4.78, 5) is 36.6. The van der Waals surface area contributed by atoms with Crippen LogP contribution in [0.4, 0.5) is 14.2 Å². The molecule has 9 heteroatoms. The lowest BCUT2D eigenvalue weighted by molar-refractivity contribution is 0.0877. The van der Waals surface area contributed by atoms with Crippen LogP contribution in [0, 0.1) is 5.82 Å². The van der Waals surface area contributed by atoms with Crippen molar-refractivity contribution in [1.29, 1.82) is 0 Å². The predicted molar refractivity (Wildman–Crippen MR) is 103 cm³/mol. The summed E-state index contributed by atoms with van der Waals surface area (Å²) in [6.45, 7) is 3.32. The third kappa shape index (κ3) is 4.32. The molecule has 0 aliphatic rings. The minimum Gasteiger partial charge on any atom is -0.447 e. The Morgan fingerprint density at radius 3 is 2.63 bits per heavy atom. The van der Waals surface area contributed by atoms with E-state index in [1.54, 1.807) is 31.4 Å². The number of benzene rings is 1. The third-order valence-corrected chi connectivity index (χ3v) is 5.36. The van der Waals surface area contributed by atoms with E-state index >= 15 is 0 Å². The summed E-state index contributed by atoms with van der Waals surface area (Å²) in [5.74, 6) is -1.54. The molecule has 6 nitrogen and oxygen atoms in total. The number of anilines is 1. The maximum atomic E-state index is 13.8. The topological polar surface area (TPSA) is 84.5 Å². The summed E-state index contributed by atoms with van der Waals surface area (Å²) >= 11 is 2.29. The van der Waals surface area contributed by atoms with Gasteiger partial charge in [0.2, 0.25) is 0 Å². The van der Waals surface area contributed by atoms with Gasteiger partial charge >= 0.3 is 6.09 Å². The van der Waals surface area contributed by atoms with Gasteiger partial charge in [-0.3, -0.25) is 14.9 Å². The standard InChI is InChI=1S/C18H15FN2O4S2/c1-9(2)25-18(24)21-15(22)10-6-7-26-17(10)20-16(23)14-8-11-12(19)4-3-5-13(11)27-14/h3-9H,1-2H3,(H,20,23)(H,21,22,24). The SMILES string of the molecule is CC(C)OC(=O)NC(=O)c1ccsc1NC(=O)c1cc2c(F)cccc2s1. The lowest BCUT2D eigenvalue weighted by Crippen LogP contribution is -2.32. The molecule has 3 aromatic rings. The van der Waals surface area contributed by atoms with Gasteiger partial charge in [0, 0.05) is 10.1 Å². The monoisotopic (exact) mass is 406 g/mol. The average molecular weight is 406 g/mol. The first-order valence-electron chi connectivity index (χ1n) is 7.94. The molecule has 140 valence electrons. The van der Waals surface area contributed by atoms with E-state index in [9.17, 15) is 18.8 Å². The van der Waals surface area contributed by atoms with E-state index in [-0.39, 0.29) is 16.7 Å². The quantitative estimate of drug-likeness (QED) is 0.662. The van der Waals surface area contributed by atoms with Crippen molar-refractivity contribution in [3.05, 3.63) is 52.0 Å². The van der Waals surface area contributed by atoms with E-state index in [0.717, 1.165) is 22.7 Å². The molecule has 0 aliphatic heterocycles. The lowest BCUT2D eigenvalue weighted by Gasteiger charge is -2.09. The van der Waals surface area contributed by atoms with Crippen molar-refractivity contribution in [3.63, 3.8) is 0 Å².